The Morgan fingerprint density at radius 2 is 2.24 bits per heavy atom. The maximum atomic E-state index is 12.4. The van der Waals surface area contributed by atoms with Crippen molar-refractivity contribution in [2.45, 2.75) is 38.6 Å². The quantitative estimate of drug-likeness (QED) is 0.724. The minimum atomic E-state index is -3.46. The molecule has 1 saturated heterocycles. The van der Waals surface area contributed by atoms with Crippen LogP contribution in [0.1, 0.15) is 31.0 Å². The topological polar surface area (TPSA) is 100 Å². The highest BCUT2D eigenvalue weighted by molar-refractivity contribution is 7.87. The van der Waals surface area contributed by atoms with Crippen LogP contribution in [0.5, 0.6) is 0 Å². The molecule has 0 saturated carbocycles. The third kappa shape index (κ3) is 4.47. The summed E-state index contributed by atoms with van der Waals surface area (Å²) in [5.41, 5.74) is 0. The molecule has 0 aromatic carbocycles. The maximum absolute atomic E-state index is 12.4. The van der Waals surface area contributed by atoms with Crippen LogP contribution in [-0.2, 0) is 16.6 Å². The molecule has 0 radical (unpaired) electrons. The summed E-state index contributed by atoms with van der Waals surface area (Å²) in [6.07, 6.45) is 3.29. The second-order valence-electron chi connectivity index (χ2n) is 5.20. The zero-order chi connectivity index (χ0) is 15.3. The minimum Gasteiger partial charge on any atom is -0.340 e. The average molecular weight is 317 g/mol. The van der Waals surface area contributed by atoms with Gasteiger partial charge in [-0.2, -0.15) is 17.7 Å². The van der Waals surface area contributed by atoms with Gasteiger partial charge < -0.3 is 9.84 Å². The molecule has 1 fully saturated rings. The van der Waals surface area contributed by atoms with Gasteiger partial charge in [0, 0.05) is 39.0 Å². The van der Waals surface area contributed by atoms with E-state index in [9.17, 15) is 8.42 Å². The van der Waals surface area contributed by atoms with E-state index in [-0.39, 0.29) is 12.6 Å². The van der Waals surface area contributed by atoms with Crippen molar-refractivity contribution >= 4 is 10.2 Å². The van der Waals surface area contributed by atoms with Crippen LogP contribution in [-0.4, -0.2) is 55.6 Å². The molecule has 1 aliphatic rings. The standard InChI is InChI=1S/C12H23N5O3S/c1-10-15-12(16-20-10)6-7-14-21(18,19)17-8-4-3-5-11(17)9-13-2/h11,13-14H,3-9H2,1-2H3. The molecule has 2 N–H and O–H groups in total. The first-order chi connectivity index (χ1) is 10.0. The second-order valence-corrected chi connectivity index (χ2v) is 6.90. The Kier molecular flexibility index (Phi) is 5.68. The molecule has 9 heteroatoms. The zero-order valence-corrected chi connectivity index (χ0v) is 13.3. The summed E-state index contributed by atoms with van der Waals surface area (Å²) in [4.78, 5) is 4.05. The van der Waals surface area contributed by atoms with Gasteiger partial charge in [-0.15, -0.1) is 0 Å². The highest BCUT2D eigenvalue weighted by atomic mass is 32.2. The predicted molar refractivity (Wildman–Crippen MR) is 77.9 cm³/mol. The molecule has 2 rings (SSSR count). The first-order valence-corrected chi connectivity index (χ1v) is 8.67. The lowest BCUT2D eigenvalue weighted by Crippen LogP contribution is -2.52. The first kappa shape index (κ1) is 16.3. The molecule has 1 atom stereocenters. The summed E-state index contributed by atoms with van der Waals surface area (Å²) in [5.74, 6) is 0.999. The molecule has 0 bridgehead atoms. The summed E-state index contributed by atoms with van der Waals surface area (Å²) >= 11 is 0. The minimum absolute atomic E-state index is 0.0219. The number of piperidine rings is 1. The molecular weight excluding hydrogens is 294 g/mol. The van der Waals surface area contributed by atoms with Gasteiger partial charge in [0.2, 0.25) is 5.89 Å². The van der Waals surface area contributed by atoms with Crippen LogP contribution in [0.3, 0.4) is 0 Å². The zero-order valence-electron chi connectivity index (χ0n) is 12.5. The Hall–Kier alpha value is -1.03. The van der Waals surface area contributed by atoms with Crippen molar-refractivity contribution in [1.82, 2.24) is 24.5 Å². The Morgan fingerprint density at radius 3 is 2.90 bits per heavy atom. The van der Waals surface area contributed by atoms with Crippen LogP contribution in [0.4, 0.5) is 0 Å². The Labute approximate surface area is 125 Å². The summed E-state index contributed by atoms with van der Waals surface area (Å²) in [7, 11) is -1.62. The molecule has 21 heavy (non-hydrogen) atoms. The van der Waals surface area contributed by atoms with Crippen molar-refractivity contribution in [2.24, 2.45) is 0 Å². The van der Waals surface area contributed by atoms with E-state index in [1.807, 2.05) is 7.05 Å². The van der Waals surface area contributed by atoms with Crippen LogP contribution >= 0.6 is 0 Å². The summed E-state index contributed by atoms with van der Waals surface area (Å²) in [5, 5.41) is 6.81. The van der Waals surface area contributed by atoms with Crippen LogP contribution in [0.25, 0.3) is 0 Å². The normalized spacial score (nSPS) is 20.8. The molecule has 0 spiro atoms. The van der Waals surface area contributed by atoms with Crippen molar-refractivity contribution in [3.63, 3.8) is 0 Å². The van der Waals surface area contributed by atoms with E-state index in [1.165, 1.54) is 0 Å². The molecule has 2 heterocycles. The van der Waals surface area contributed by atoms with E-state index < -0.39 is 10.2 Å². The fourth-order valence-corrected chi connectivity index (χ4v) is 4.02. The van der Waals surface area contributed by atoms with Gasteiger partial charge in [0.15, 0.2) is 5.82 Å². The number of nitrogens with one attached hydrogen (secondary N) is 2. The van der Waals surface area contributed by atoms with Crippen molar-refractivity contribution in [1.29, 1.82) is 0 Å². The highest BCUT2D eigenvalue weighted by Gasteiger charge is 2.31. The van der Waals surface area contributed by atoms with Crippen molar-refractivity contribution in [3.8, 4) is 0 Å². The molecule has 0 aliphatic carbocycles. The lowest BCUT2D eigenvalue weighted by Gasteiger charge is -2.34. The van der Waals surface area contributed by atoms with Gasteiger partial charge in [0.05, 0.1) is 0 Å². The van der Waals surface area contributed by atoms with Gasteiger partial charge in [0.1, 0.15) is 0 Å². The van der Waals surface area contributed by atoms with E-state index in [4.69, 9.17) is 4.52 Å². The molecule has 0 amide bonds. The van der Waals surface area contributed by atoms with Gasteiger partial charge in [0.25, 0.3) is 10.2 Å². The smallest absolute Gasteiger partial charge is 0.279 e. The first-order valence-electron chi connectivity index (χ1n) is 7.23. The molecule has 1 unspecified atom stereocenters. The Morgan fingerprint density at radius 1 is 1.43 bits per heavy atom. The number of nitrogens with zero attached hydrogens (tertiary/aromatic N) is 3. The van der Waals surface area contributed by atoms with Crippen LogP contribution in [0.2, 0.25) is 0 Å². The number of rotatable bonds is 7. The van der Waals surface area contributed by atoms with Crippen LogP contribution in [0, 0.1) is 6.92 Å². The van der Waals surface area contributed by atoms with Crippen molar-refractivity contribution in [2.75, 3.05) is 26.7 Å². The number of aromatic nitrogens is 2. The molecular formula is C12H23N5O3S. The summed E-state index contributed by atoms with van der Waals surface area (Å²) in [6.45, 7) is 3.22. The third-order valence-corrected chi connectivity index (χ3v) is 5.19. The largest absolute Gasteiger partial charge is 0.340 e. The lowest BCUT2D eigenvalue weighted by atomic mass is 10.1. The van der Waals surface area contributed by atoms with Crippen LogP contribution in [0.15, 0.2) is 4.52 Å². The third-order valence-electron chi connectivity index (χ3n) is 3.52. The van der Waals surface area contributed by atoms with E-state index in [2.05, 4.69) is 20.2 Å². The SMILES string of the molecule is CNCC1CCCCN1S(=O)(=O)NCCc1noc(C)n1. The van der Waals surface area contributed by atoms with Crippen LogP contribution < -0.4 is 10.0 Å². The van der Waals surface area contributed by atoms with E-state index in [1.54, 1.807) is 11.2 Å². The monoisotopic (exact) mass is 317 g/mol. The number of aryl methyl sites for hydroxylation is 1. The van der Waals surface area contributed by atoms with E-state index in [0.717, 1.165) is 19.3 Å². The Balaban J connectivity index is 1.90. The van der Waals surface area contributed by atoms with Gasteiger partial charge >= 0.3 is 0 Å². The van der Waals surface area contributed by atoms with Gasteiger partial charge in [-0.25, -0.2) is 4.72 Å². The molecule has 1 aromatic heterocycles. The highest BCUT2D eigenvalue weighted by Crippen LogP contribution is 2.19. The number of hydrogen-bond donors (Lipinski definition) is 2. The maximum Gasteiger partial charge on any atom is 0.279 e. The fourth-order valence-electron chi connectivity index (χ4n) is 2.55. The summed E-state index contributed by atoms with van der Waals surface area (Å²) < 4.78 is 33.8. The fraction of sp³-hybridized carbons (Fsp3) is 0.833. The Bertz CT molecular complexity index is 543. The molecule has 1 aromatic rings. The molecule has 120 valence electrons. The average Bonchev–Trinajstić information content (AvgIpc) is 2.85. The van der Waals surface area contributed by atoms with E-state index in [0.29, 0.717) is 31.2 Å². The second kappa shape index (κ2) is 7.30. The number of likely N-dealkylation sites (N-methyl/N-ethyl adjacent to an activating group) is 1. The predicted octanol–water partition coefficient (Wildman–Crippen LogP) is -0.171. The van der Waals surface area contributed by atoms with Gasteiger partial charge in [-0.3, -0.25) is 0 Å². The van der Waals surface area contributed by atoms with Crippen molar-refractivity contribution < 1.29 is 12.9 Å². The summed E-state index contributed by atoms with van der Waals surface area (Å²) in [6, 6.07) is 0.0219. The molecule has 8 nitrogen and oxygen atoms in total. The van der Waals surface area contributed by atoms with E-state index >= 15 is 0 Å². The number of hydrogen-bond acceptors (Lipinski definition) is 6. The molecule has 1 aliphatic heterocycles. The lowest BCUT2D eigenvalue weighted by molar-refractivity contribution is 0.246. The van der Waals surface area contributed by atoms with Crippen molar-refractivity contribution in [3.05, 3.63) is 11.7 Å². The van der Waals surface area contributed by atoms with Gasteiger partial charge in [-0.1, -0.05) is 11.6 Å². The van der Waals surface area contributed by atoms with Gasteiger partial charge in [-0.05, 0) is 19.9 Å².